The van der Waals surface area contributed by atoms with Crippen molar-refractivity contribution in [2.45, 2.75) is 19.9 Å². The highest BCUT2D eigenvalue weighted by atomic mass is 35.5. The molecule has 0 saturated heterocycles. The van der Waals surface area contributed by atoms with Gasteiger partial charge in [-0.05, 0) is 24.1 Å². The summed E-state index contributed by atoms with van der Waals surface area (Å²) >= 11 is 7.42. The highest BCUT2D eigenvalue weighted by Gasteiger charge is 2.23. The number of thiazole rings is 1. The number of nitrogens with one attached hydrogen (secondary N) is 1. The second-order valence-electron chi connectivity index (χ2n) is 4.52. The Labute approximate surface area is 120 Å². The fraction of sp³-hybridized carbons (Fsp3) is 0.385. The van der Waals surface area contributed by atoms with E-state index in [1.807, 2.05) is 26.0 Å². The van der Waals surface area contributed by atoms with E-state index in [0.29, 0.717) is 10.2 Å². The largest absolute Gasteiger partial charge is 0.467 e. The predicted octanol–water partition coefficient (Wildman–Crippen LogP) is 3.56. The molecule has 1 aromatic carbocycles. The van der Waals surface area contributed by atoms with Gasteiger partial charge in [-0.15, -0.1) is 0 Å². The van der Waals surface area contributed by atoms with Crippen LogP contribution in [0.5, 0.6) is 0 Å². The molecule has 2 rings (SSSR count). The fourth-order valence-corrected chi connectivity index (χ4v) is 2.77. The molecule has 4 nitrogen and oxygen atoms in total. The normalized spacial score (nSPS) is 12.7. The van der Waals surface area contributed by atoms with Crippen molar-refractivity contribution in [1.82, 2.24) is 4.98 Å². The summed E-state index contributed by atoms with van der Waals surface area (Å²) in [5.74, 6) is -0.171. The number of carbonyl (C=O) groups excluding carboxylic acids is 1. The molecule has 1 heterocycles. The van der Waals surface area contributed by atoms with Crippen molar-refractivity contribution in [3.63, 3.8) is 0 Å². The minimum absolute atomic E-state index is 0.114. The van der Waals surface area contributed by atoms with Gasteiger partial charge in [-0.2, -0.15) is 0 Å². The second kappa shape index (κ2) is 5.75. The number of esters is 1. The maximum atomic E-state index is 11.7. The maximum Gasteiger partial charge on any atom is 0.328 e. The molecule has 0 radical (unpaired) electrons. The Morgan fingerprint density at radius 3 is 2.84 bits per heavy atom. The number of carbonyl (C=O) groups is 1. The van der Waals surface area contributed by atoms with Gasteiger partial charge in [-0.25, -0.2) is 9.78 Å². The number of benzene rings is 1. The van der Waals surface area contributed by atoms with Crippen molar-refractivity contribution in [2.75, 3.05) is 12.4 Å². The van der Waals surface area contributed by atoms with Gasteiger partial charge in [-0.3, -0.25) is 0 Å². The predicted molar refractivity (Wildman–Crippen MR) is 78.9 cm³/mol. The summed E-state index contributed by atoms with van der Waals surface area (Å²) < 4.78 is 5.82. The summed E-state index contributed by atoms with van der Waals surface area (Å²) in [5.41, 5.74) is 0.826. The lowest BCUT2D eigenvalue weighted by molar-refractivity contribution is -0.142. The van der Waals surface area contributed by atoms with E-state index in [9.17, 15) is 4.79 Å². The third-order valence-corrected chi connectivity index (χ3v) is 3.95. The molecular formula is C13H15ClN2O2S. The number of halogens is 1. The molecule has 1 unspecified atom stereocenters. The number of ether oxygens (including phenoxy) is 1. The summed E-state index contributed by atoms with van der Waals surface area (Å²) in [6, 6.07) is 5.15. The molecule has 1 aromatic heterocycles. The zero-order chi connectivity index (χ0) is 14.0. The first kappa shape index (κ1) is 14.1. The lowest BCUT2D eigenvalue weighted by Crippen LogP contribution is -2.35. The minimum Gasteiger partial charge on any atom is -0.467 e. The van der Waals surface area contributed by atoms with Gasteiger partial charge in [-0.1, -0.05) is 36.8 Å². The molecule has 0 amide bonds. The fourth-order valence-electron chi connectivity index (χ4n) is 1.72. The molecule has 6 heteroatoms. The molecule has 2 aromatic rings. The van der Waals surface area contributed by atoms with Gasteiger partial charge in [0.25, 0.3) is 0 Å². The first-order valence-corrected chi connectivity index (χ1v) is 7.11. The molecular weight excluding hydrogens is 284 g/mol. The van der Waals surface area contributed by atoms with E-state index in [1.165, 1.54) is 18.4 Å². The van der Waals surface area contributed by atoms with Gasteiger partial charge >= 0.3 is 5.97 Å². The molecule has 0 saturated carbocycles. The quantitative estimate of drug-likeness (QED) is 0.877. The van der Waals surface area contributed by atoms with Gasteiger partial charge in [0, 0.05) is 5.02 Å². The van der Waals surface area contributed by atoms with E-state index in [1.54, 1.807) is 6.07 Å². The number of fused-ring (bicyclic) bond motifs is 1. The zero-order valence-electron chi connectivity index (χ0n) is 10.9. The summed E-state index contributed by atoms with van der Waals surface area (Å²) in [6.07, 6.45) is 0. The van der Waals surface area contributed by atoms with Crippen LogP contribution in [0.1, 0.15) is 13.8 Å². The van der Waals surface area contributed by atoms with Gasteiger partial charge < -0.3 is 10.1 Å². The summed E-state index contributed by atoms with van der Waals surface area (Å²) in [5, 5.41) is 4.47. The molecule has 19 heavy (non-hydrogen) atoms. The van der Waals surface area contributed by atoms with Crippen LogP contribution in [0.4, 0.5) is 5.13 Å². The lowest BCUT2D eigenvalue weighted by atomic mass is 10.1. The third-order valence-electron chi connectivity index (χ3n) is 2.75. The molecule has 1 atom stereocenters. The number of methoxy groups -OCH3 is 1. The van der Waals surface area contributed by atoms with E-state index in [0.717, 1.165) is 10.2 Å². The monoisotopic (exact) mass is 298 g/mol. The van der Waals surface area contributed by atoms with Crippen LogP contribution in [0.15, 0.2) is 18.2 Å². The summed E-state index contributed by atoms with van der Waals surface area (Å²) in [7, 11) is 1.39. The maximum absolute atomic E-state index is 11.7. The Balaban J connectivity index is 2.26. The van der Waals surface area contributed by atoms with Crippen LogP contribution < -0.4 is 5.32 Å². The van der Waals surface area contributed by atoms with Crippen LogP contribution in [0.2, 0.25) is 5.02 Å². The molecule has 102 valence electrons. The van der Waals surface area contributed by atoms with Gasteiger partial charge in [0.15, 0.2) is 5.13 Å². The Morgan fingerprint density at radius 2 is 2.21 bits per heavy atom. The number of nitrogens with zero attached hydrogens (tertiary/aromatic N) is 1. The van der Waals surface area contributed by atoms with Crippen LogP contribution in [-0.4, -0.2) is 24.1 Å². The van der Waals surface area contributed by atoms with Gasteiger partial charge in [0.05, 0.1) is 17.3 Å². The second-order valence-corrected chi connectivity index (χ2v) is 5.99. The number of rotatable bonds is 4. The average Bonchev–Trinajstić information content (AvgIpc) is 2.76. The smallest absolute Gasteiger partial charge is 0.328 e. The van der Waals surface area contributed by atoms with Gasteiger partial charge in [0.1, 0.15) is 6.04 Å². The highest BCUT2D eigenvalue weighted by molar-refractivity contribution is 7.22. The first-order valence-electron chi connectivity index (χ1n) is 5.91. The Kier molecular flexibility index (Phi) is 4.27. The Morgan fingerprint density at radius 1 is 1.47 bits per heavy atom. The third kappa shape index (κ3) is 3.16. The van der Waals surface area contributed by atoms with E-state index in [-0.39, 0.29) is 11.9 Å². The van der Waals surface area contributed by atoms with Crippen molar-refractivity contribution in [3.8, 4) is 0 Å². The van der Waals surface area contributed by atoms with Crippen LogP contribution in [0, 0.1) is 5.92 Å². The number of hydrogen-bond donors (Lipinski definition) is 1. The molecule has 0 fully saturated rings. The SMILES string of the molecule is COC(=O)C(Nc1nc2cc(Cl)ccc2s1)C(C)C. The molecule has 0 aliphatic carbocycles. The molecule has 1 N–H and O–H groups in total. The average molecular weight is 299 g/mol. The Bertz CT molecular complexity index is 597. The van der Waals surface area contributed by atoms with Crippen molar-refractivity contribution in [3.05, 3.63) is 23.2 Å². The zero-order valence-corrected chi connectivity index (χ0v) is 12.5. The molecule has 0 bridgehead atoms. The van der Waals surface area contributed by atoms with Crippen molar-refractivity contribution < 1.29 is 9.53 Å². The van der Waals surface area contributed by atoms with Crippen LogP contribution >= 0.6 is 22.9 Å². The minimum atomic E-state index is -0.402. The number of hydrogen-bond acceptors (Lipinski definition) is 5. The lowest BCUT2D eigenvalue weighted by Gasteiger charge is -2.18. The Hall–Kier alpha value is -1.33. The van der Waals surface area contributed by atoms with Crippen molar-refractivity contribution in [2.24, 2.45) is 5.92 Å². The first-order chi connectivity index (χ1) is 9.01. The highest BCUT2D eigenvalue weighted by Crippen LogP contribution is 2.29. The van der Waals surface area contributed by atoms with Crippen LogP contribution in [0.3, 0.4) is 0 Å². The summed E-state index contributed by atoms with van der Waals surface area (Å²) in [6.45, 7) is 3.91. The molecule has 0 aliphatic rings. The van der Waals surface area contributed by atoms with Crippen molar-refractivity contribution in [1.29, 1.82) is 0 Å². The summed E-state index contributed by atoms with van der Waals surface area (Å²) in [4.78, 5) is 16.1. The van der Waals surface area contributed by atoms with E-state index < -0.39 is 6.04 Å². The number of anilines is 1. The van der Waals surface area contributed by atoms with Crippen LogP contribution in [0.25, 0.3) is 10.2 Å². The molecule has 0 spiro atoms. The van der Waals surface area contributed by atoms with E-state index >= 15 is 0 Å². The van der Waals surface area contributed by atoms with E-state index in [4.69, 9.17) is 16.3 Å². The standard InChI is InChI=1S/C13H15ClN2O2S/c1-7(2)11(12(17)18-3)16-13-15-9-6-8(14)4-5-10(9)19-13/h4-7,11H,1-3H3,(H,15,16). The number of aromatic nitrogens is 1. The van der Waals surface area contributed by atoms with Crippen molar-refractivity contribution >= 4 is 44.3 Å². The molecule has 0 aliphatic heterocycles. The topological polar surface area (TPSA) is 51.2 Å². The van der Waals surface area contributed by atoms with Gasteiger partial charge in [0.2, 0.25) is 0 Å². The van der Waals surface area contributed by atoms with E-state index in [2.05, 4.69) is 10.3 Å². The van der Waals surface area contributed by atoms with Crippen LogP contribution in [-0.2, 0) is 9.53 Å².